The average Bonchev–Trinajstić information content (AvgIpc) is 2.69. The second kappa shape index (κ2) is 5.01. The molecule has 1 heterocycles. The number of amides is 1. The smallest absolute Gasteiger partial charge is 0.259 e. The Hall–Kier alpha value is -2.50. The zero-order valence-corrected chi connectivity index (χ0v) is 11.1. The van der Waals surface area contributed by atoms with E-state index in [9.17, 15) is 4.79 Å². The lowest BCUT2D eigenvalue weighted by Crippen LogP contribution is -2.13. The maximum Gasteiger partial charge on any atom is 0.259 e. The van der Waals surface area contributed by atoms with E-state index in [-0.39, 0.29) is 5.91 Å². The van der Waals surface area contributed by atoms with Crippen LogP contribution >= 0.6 is 0 Å². The van der Waals surface area contributed by atoms with E-state index in [0.29, 0.717) is 28.4 Å². The molecule has 2 aromatic rings. The minimum Gasteiger partial charge on any atom is -0.495 e. The summed E-state index contributed by atoms with van der Waals surface area (Å²) in [4.78, 5) is 12.2. The lowest BCUT2D eigenvalue weighted by molar-refractivity contribution is 0.102. The number of carbonyl (C=O) groups excluding carboxylic acids is 1. The molecule has 0 aliphatic heterocycles. The van der Waals surface area contributed by atoms with Crippen LogP contribution in [0.3, 0.4) is 0 Å². The molecule has 3 N–H and O–H groups in total. The first-order valence-electron chi connectivity index (χ1n) is 5.76. The molecule has 2 rings (SSSR count). The number of ether oxygens (including phenoxy) is 1. The van der Waals surface area contributed by atoms with Gasteiger partial charge in [-0.15, -0.1) is 0 Å². The van der Waals surface area contributed by atoms with Gasteiger partial charge in [0.1, 0.15) is 5.75 Å². The van der Waals surface area contributed by atoms with Crippen molar-refractivity contribution < 1.29 is 9.53 Å². The molecule has 0 saturated heterocycles. The number of anilines is 2. The molecule has 0 aliphatic carbocycles. The number of benzene rings is 1. The molecule has 6 heteroatoms. The molecular weight excluding hydrogens is 244 g/mol. The minimum atomic E-state index is -0.241. The summed E-state index contributed by atoms with van der Waals surface area (Å²) >= 11 is 0. The Morgan fingerprint density at radius 2 is 2.21 bits per heavy atom. The standard InChI is InChI=1S/C13H16N4O2/c1-8-10(7-17(2)16-8)13(18)15-11-6-9(14)4-5-12(11)19-3/h4-7H,14H2,1-3H3,(H,15,18). The van der Waals surface area contributed by atoms with E-state index in [0.717, 1.165) is 0 Å². The summed E-state index contributed by atoms with van der Waals surface area (Å²) in [6.07, 6.45) is 1.67. The number of aromatic nitrogens is 2. The first-order valence-corrected chi connectivity index (χ1v) is 5.76. The first kappa shape index (κ1) is 12.9. The Bertz CT molecular complexity index is 619. The van der Waals surface area contributed by atoms with Crippen molar-refractivity contribution >= 4 is 17.3 Å². The Morgan fingerprint density at radius 3 is 2.79 bits per heavy atom. The van der Waals surface area contributed by atoms with E-state index in [4.69, 9.17) is 10.5 Å². The van der Waals surface area contributed by atoms with Crippen LogP contribution in [0.5, 0.6) is 5.75 Å². The van der Waals surface area contributed by atoms with Gasteiger partial charge in [0.15, 0.2) is 0 Å². The van der Waals surface area contributed by atoms with Crippen LogP contribution in [-0.2, 0) is 7.05 Å². The Labute approximate surface area is 111 Å². The molecule has 100 valence electrons. The Morgan fingerprint density at radius 1 is 1.47 bits per heavy atom. The monoisotopic (exact) mass is 260 g/mol. The van der Waals surface area contributed by atoms with E-state index in [2.05, 4.69) is 10.4 Å². The van der Waals surface area contributed by atoms with Gasteiger partial charge in [-0.05, 0) is 25.1 Å². The van der Waals surface area contributed by atoms with Gasteiger partial charge >= 0.3 is 0 Å². The highest BCUT2D eigenvalue weighted by atomic mass is 16.5. The number of aryl methyl sites for hydroxylation is 2. The van der Waals surface area contributed by atoms with Crippen molar-refractivity contribution in [3.63, 3.8) is 0 Å². The quantitative estimate of drug-likeness (QED) is 0.821. The van der Waals surface area contributed by atoms with Gasteiger partial charge in [0, 0.05) is 18.9 Å². The minimum absolute atomic E-state index is 0.241. The van der Waals surface area contributed by atoms with E-state index in [1.54, 1.807) is 43.0 Å². The summed E-state index contributed by atoms with van der Waals surface area (Å²) in [6.45, 7) is 1.78. The molecule has 1 aromatic heterocycles. The van der Waals surface area contributed by atoms with Gasteiger partial charge in [-0.25, -0.2) is 0 Å². The fourth-order valence-corrected chi connectivity index (χ4v) is 1.84. The van der Waals surface area contributed by atoms with Crippen molar-refractivity contribution in [3.8, 4) is 5.75 Å². The number of hydrogen-bond acceptors (Lipinski definition) is 4. The summed E-state index contributed by atoms with van der Waals surface area (Å²) < 4.78 is 6.78. The summed E-state index contributed by atoms with van der Waals surface area (Å²) in [5.74, 6) is 0.318. The number of methoxy groups -OCH3 is 1. The number of rotatable bonds is 3. The van der Waals surface area contributed by atoms with E-state index in [1.165, 1.54) is 7.11 Å². The highest BCUT2D eigenvalue weighted by Crippen LogP contribution is 2.27. The lowest BCUT2D eigenvalue weighted by atomic mass is 10.2. The molecule has 0 fully saturated rings. The zero-order chi connectivity index (χ0) is 14.0. The van der Waals surface area contributed by atoms with Crippen LogP contribution in [0.4, 0.5) is 11.4 Å². The van der Waals surface area contributed by atoms with Crippen molar-refractivity contribution in [2.75, 3.05) is 18.2 Å². The third kappa shape index (κ3) is 2.67. The highest BCUT2D eigenvalue weighted by Gasteiger charge is 2.14. The molecule has 0 bridgehead atoms. The van der Waals surface area contributed by atoms with Gasteiger partial charge in [-0.3, -0.25) is 9.48 Å². The number of carbonyl (C=O) groups is 1. The lowest BCUT2D eigenvalue weighted by Gasteiger charge is -2.10. The SMILES string of the molecule is COc1ccc(N)cc1NC(=O)c1cn(C)nc1C. The first-order chi connectivity index (χ1) is 9.01. The molecule has 1 amide bonds. The fourth-order valence-electron chi connectivity index (χ4n) is 1.84. The number of nitrogens with one attached hydrogen (secondary N) is 1. The van der Waals surface area contributed by atoms with E-state index in [1.807, 2.05) is 0 Å². The molecule has 0 saturated carbocycles. The molecule has 0 spiro atoms. The van der Waals surface area contributed by atoms with Crippen molar-refractivity contribution in [1.82, 2.24) is 9.78 Å². The van der Waals surface area contributed by atoms with Crippen molar-refractivity contribution in [1.29, 1.82) is 0 Å². The zero-order valence-electron chi connectivity index (χ0n) is 11.1. The summed E-state index contributed by atoms with van der Waals surface area (Å²) in [5, 5.41) is 6.91. The van der Waals surface area contributed by atoms with Crippen LogP contribution < -0.4 is 15.8 Å². The van der Waals surface area contributed by atoms with E-state index >= 15 is 0 Å². The maximum atomic E-state index is 12.2. The van der Waals surface area contributed by atoms with Crippen molar-refractivity contribution in [3.05, 3.63) is 35.7 Å². The second-order valence-corrected chi connectivity index (χ2v) is 4.22. The topological polar surface area (TPSA) is 82.2 Å². The number of hydrogen-bond donors (Lipinski definition) is 2. The summed E-state index contributed by atoms with van der Waals surface area (Å²) in [5.41, 5.74) is 7.99. The number of nitrogens with two attached hydrogens (primary N) is 1. The predicted octanol–water partition coefficient (Wildman–Crippen LogP) is 1.57. The maximum absolute atomic E-state index is 12.2. The van der Waals surface area contributed by atoms with Crippen LogP contribution in [0.2, 0.25) is 0 Å². The summed E-state index contributed by atoms with van der Waals surface area (Å²) in [7, 11) is 3.31. The van der Waals surface area contributed by atoms with Crippen molar-refractivity contribution in [2.24, 2.45) is 7.05 Å². The molecule has 19 heavy (non-hydrogen) atoms. The third-order valence-electron chi connectivity index (χ3n) is 2.73. The Balaban J connectivity index is 2.28. The summed E-state index contributed by atoms with van der Waals surface area (Å²) in [6, 6.07) is 5.08. The normalized spacial score (nSPS) is 10.3. The van der Waals surface area contributed by atoms with Crippen LogP contribution in [0, 0.1) is 6.92 Å². The largest absolute Gasteiger partial charge is 0.495 e. The number of nitrogens with zero attached hydrogens (tertiary/aromatic N) is 2. The predicted molar refractivity (Wildman–Crippen MR) is 73.3 cm³/mol. The molecule has 1 aromatic carbocycles. The van der Waals surface area contributed by atoms with Crippen LogP contribution in [0.15, 0.2) is 24.4 Å². The van der Waals surface area contributed by atoms with Gasteiger partial charge in [-0.2, -0.15) is 5.10 Å². The molecular formula is C13H16N4O2. The molecule has 6 nitrogen and oxygen atoms in total. The van der Waals surface area contributed by atoms with Gasteiger partial charge in [0.05, 0.1) is 24.1 Å². The van der Waals surface area contributed by atoms with Crippen LogP contribution in [0.25, 0.3) is 0 Å². The van der Waals surface area contributed by atoms with Crippen LogP contribution in [-0.4, -0.2) is 22.8 Å². The molecule has 0 unspecified atom stereocenters. The molecule has 0 atom stereocenters. The van der Waals surface area contributed by atoms with Gasteiger partial charge in [0.25, 0.3) is 5.91 Å². The molecule has 0 aliphatic rings. The molecule has 0 radical (unpaired) electrons. The fraction of sp³-hybridized carbons (Fsp3) is 0.231. The van der Waals surface area contributed by atoms with Gasteiger partial charge < -0.3 is 15.8 Å². The van der Waals surface area contributed by atoms with Crippen LogP contribution in [0.1, 0.15) is 16.1 Å². The average molecular weight is 260 g/mol. The third-order valence-corrected chi connectivity index (χ3v) is 2.73. The van der Waals surface area contributed by atoms with Gasteiger partial charge in [-0.1, -0.05) is 0 Å². The van der Waals surface area contributed by atoms with Gasteiger partial charge in [0.2, 0.25) is 0 Å². The highest BCUT2D eigenvalue weighted by molar-refractivity contribution is 6.05. The number of nitrogen functional groups attached to an aromatic ring is 1. The van der Waals surface area contributed by atoms with Crippen molar-refractivity contribution in [2.45, 2.75) is 6.92 Å². The van der Waals surface area contributed by atoms with E-state index < -0.39 is 0 Å². The second-order valence-electron chi connectivity index (χ2n) is 4.22. The Kier molecular flexibility index (Phi) is 3.41.